The number of carboxylic acids is 1. The van der Waals surface area contributed by atoms with Crippen LogP contribution < -0.4 is 10.6 Å². The van der Waals surface area contributed by atoms with Gasteiger partial charge in [0.15, 0.2) is 0 Å². The molecular weight excluding hydrogens is 894 g/mol. The van der Waals surface area contributed by atoms with Crippen molar-refractivity contribution in [3.8, 4) is 0 Å². The number of aryl methyl sites for hydroxylation is 2. The molecule has 0 spiro atoms. The Hall–Kier alpha value is -5.50. The lowest BCUT2D eigenvalue weighted by Gasteiger charge is -2.37. The van der Waals surface area contributed by atoms with Crippen molar-refractivity contribution in [3.05, 3.63) is 92.6 Å². The summed E-state index contributed by atoms with van der Waals surface area (Å²) >= 11 is 16.2. The first kappa shape index (κ1) is 42.5. The summed E-state index contributed by atoms with van der Waals surface area (Å²) in [5.74, 6) is 0.735. The van der Waals surface area contributed by atoms with Gasteiger partial charge in [-0.05, 0) is 88.0 Å². The van der Waals surface area contributed by atoms with Crippen LogP contribution in [0.3, 0.4) is 0 Å². The summed E-state index contributed by atoms with van der Waals surface area (Å²) < 4.78 is 3.46. The number of hydrogen-bond donors (Lipinski definition) is 3. The van der Waals surface area contributed by atoms with Crippen molar-refractivity contribution >= 4 is 112 Å². The van der Waals surface area contributed by atoms with E-state index in [0.29, 0.717) is 41.0 Å². The number of piperazine rings is 1. The summed E-state index contributed by atoms with van der Waals surface area (Å²) in [5, 5.41) is 27.6. The van der Waals surface area contributed by atoms with Crippen LogP contribution in [-0.2, 0) is 35.3 Å². The van der Waals surface area contributed by atoms with E-state index in [0.717, 1.165) is 118 Å². The van der Waals surface area contributed by atoms with Gasteiger partial charge in [0.25, 0.3) is 0 Å². The van der Waals surface area contributed by atoms with Gasteiger partial charge in [0.2, 0.25) is 5.91 Å². The smallest absolute Gasteiger partial charge is 0.306 e. The van der Waals surface area contributed by atoms with Crippen molar-refractivity contribution in [2.75, 3.05) is 64.0 Å². The van der Waals surface area contributed by atoms with Crippen molar-refractivity contribution in [2.24, 2.45) is 11.8 Å². The van der Waals surface area contributed by atoms with Crippen LogP contribution in [0.2, 0.25) is 10.0 Å². The first-order valence-electron chi connectivity index (χ1n) is 21.2. The Morgan fingerprint density at radius 1 is 0.766 bits per heavy atom. The number of pyridine rings is 2. The molecule has 11 rings (SSSR count). The lowest BCUT2D eigenvalue weighted by Crippen LogP contribution is -2.51. The van der Waals surface area contributed by atoms with Crippen LogP contribution in [0.5, 0.6) is 0 Å². The van der Waals surface area contributed by atoms with Crippen LogP contribution in [0.15, 0.2) is 61.7 Å². The molecule has 0 unspecified atom stereocenters. The molecule has 1 fully saturated rings. The third-order valence-corrected chi connectivity index (χ3v) is 15.3. The molecule has 3 N–H and O–H groups in total. The van der Waals surface area contributed by atoms with E-state index in [1.54, 1.807) is 62.8 Å². The van der Waals surface area contributed by atoms with Gasteiger partial charge in [0.05, 0.1) is 49.1 Å². The number of hydrogen-bond acceptors (Lipinski definition) is 14. The third kappa shape index (κ3) is 8.45. The molecule has 0 bridgehead atoms. The van der Waals surface area contributed by atoms with E-state index in [-0.39, 0.29) is 11.8 Å². The van der Waals surface area contributed by atoms with Crippen LogP contribution in [0.4, 0.5) is 23.0 Å². The van der Waals surface area contributed by atoms with Crippen LogP contribution >= 0.6 is 45.9 Å². The van der Waals surface area contributed by atoms with Crippen LogP contribution in [-0.4, -0.2) is 124 Å². The first-order chi connectivity index (χ1) is 31.1. The molecule has 9 heterocycles. The zero-order valence-corrected chi connectivity index (χ0v) is 38.3. The second kappa shape index (κ2) is 17.8. The summed E-state index contributed by atoms with van der Waals surface area (Å²) in [5.41, 5.74) is 5.81. The Morgan fingerprint density at radius 2 is 1.28 bits per heavy atom. The Kier molecular flexibility index (Phi) is 11.8. The van der Waals surface area contributed by atoms with Gasteiger partial charge in [-0.25, -0.2) is 29.0 Å². The van der Waals surface area contributed by atoms with E-state index < -0.39 is 5.97 Å². The molecule has 64 heavy (non-hydrogen) atoms. The number of thiophene rings is 2. The molecule has 8 aromatic rings. The number of amides is 1. The largest absolute Gasteiger partial charge is 0.481 e. The Balaban J connectivity index is 0.000000159. The van der Waals surface area contributed by atoms with Crippen molar-refractivity contribution in [1.82, 2.24) is 53.9 Å². The van der Waals surface area contributed by atoms with Gasteiger partial charge in [-0.3, -0.25) is 14.5 Å². The molecule has 1 amide bonds. The maximum atomic E-state index is 13.4. The average molecular weight is 939 g/mol. The highest BCUT2D eigenvalue weighted by atomic mass is 35.5. The fraction of sp³-hybridized carbons (Fsp3) is 0.364. The second-order valence-electron chi connectivity index (χ2n) is 16.7. The van der Waals surface area contributed by atoms with E-state index in [2.05, 4.69) is 69.6 Å². The number of carbonyl (C=O) groups excluding carboxylic acids is 1. The number of carbonyl (C=O) groups is 2. The number of aliphatic carboxylic acids is 1. The van der Waals surface area contributed by atoms with Gasteiger partial charge in [0, 0.05) is 79.7 Å². The van der Waals surface area contributed by atoms with Gasteiger partial charge >= 0.3 is 5.97 Å². The maximum Gasteiger partial charge on any atom is 0.306 e. The second-order valence-corrected chi connectivity index (χ2v) is 19.7. The fourth-order valence-electron chi connectivity index (χ4n) is 8.95. The van der Waals surface area contributed by atoms with E-state index in [4.69, 9.17) is 23.2 Å². The topological polar surface area (TPSA) is 174 Å². The fourth-order valence-corrected chi connectivity index (χ4v) is 11.9. The quantitative estimate of drug-likeness (QED) is 0.130. The predicted octanol–water partition coefficient (Wildman–Crippen LogP) is 7.47. The first-order valence-corrected chi connectivity index (χ1v) is 23.6. The molecule has 1 aliphatic heterocycles. The molecule has 8 aromatic heterocycles. The van der Waals surface area contributed by atoms with E-state index in [1.807, 2.05) is 24.3 Å². The summed E-state index contributed by atoms with van der Waals surface area (Å²) in [7, 11) is 4.20. The highest BCUT2D eigenvalue weighted by Gasteiger charge is 2.33. The molecule has 330 valence electrons. The molecule has 2 atom stereocenters. The maximum absolute atomic E-state index is 13.4. The average Bonchev–Trinajstić information content (AvgIpc) is 4.11. The molecule has 0 saturated carbocycles. The SMILES string of the molecule is CN(C)CCN1CCN(C(=O)[C@H]2CCc3c(sc4ncnc(Nc5cc6ccnn6cc5Cl)c34)C2)CC1.O=C(O)[C@H]1CCc2c(sc3ncnc(Nc4cc5ccnn5cc4Cl)c23)C1. The Labute approximate surface area is 385 Å². The molecular formula is C44H45Cl2N13O3S2. The molecule has 0 aromatic carbocycles. The minimum absolute atomic E-state index is 0.0389. The van der Waals surface area contributed by atoms with E-state index in [9.17, 15) is 14.7 Å². The molecule has 3 aliphatic rings. The molecule has 1 saturated heterocycles. The van der Waals surface area contributed by atoms with E-state index >= 15 is 0 Å². The highest BCUT2D eigenvalue weighted by Crippen LogP contribution is 2.43. The summed E-state index contributed by atoms with van der Waals surface area (Å²) in [6, 6.07) is 7.72. The number of fused-ring (bicyclic) bond motifs is 8. The molecule has 16 nitrogen and oxygen atoms in total. The highest BCUT2D eigenvalue weighted by molar-refractivity contribution is 7.19. The molecule has 20 heteroatoms. The van der Waals surface area contributed by atoms with Crippen molar-refractivity contribution in [3.63, 3.8) is 0 Å². The number of nitrogens with one attached hydrogen (secondary N) is 2. The number of aromatic nitrogens is 8. The zero-order chi connectivity index (χ0) is 44.1. The van der Waals surface area contributed by atoms with Gasteiger partial charge in [-0.1, -0.05) is 23.2 Å². The van der Waals surface area contributed by atoms with E-state index in [1.165, 1.54) is 16.8 Å². The van der Waals surface area contributed by atoms with Gasteiger partial charge in [-0.15, -0.1) is 22.7 Å². The van der Waals surface area contributed by atoms with Gasteiger partial charge < -0.3 is 25.5 Å². The van der Waals surface area contributed by atoms with Crippen molar-refractivity contribution in [1.29, 1.82) is 0 Å². The molecule has 0 radical (unpaired) electrons. The summed E-state index contributed by atoms with van der Waals surface area (Å²) in [6.45, 7) is 5.67. The van der Waals surface area contributed by atoms with Gasteiger partial charge in [-0.2, -0.15) is 10.2 Å². The van der Waals surface area contributed by atoms with Crippen LogP contribution in [0, 0.1) is 11.8 Å². The standard InChI is InChI=1S/C26H31ClN8OS.C18H14ClN5O2S/c1-32(2)7-8-33-9-11-34(12-10-33)26(36)17-3-4-19-22(13-17)37-25-23(19)24(28-16-29-25)31-21-14-18-5-6-30-35(18)15-20(21)27;19-12-7-24-10(3-4-22-24)6-13(12)23-16-15-11-2-1-9(18(25)26)5-14(11)27-17(15)21-8-20-16/h5-6,14-17H,3-4,7-13H2,1-2H3,(H,28,29,31);3-4,6-9H,1-2,5H2,(H,25,26)(H,20,21,23)/t17-;9-/m00/s1. The third-order valence-electron chi connectivity index (χ3n) is 12.4. The monoisotopic (exact) mass is 937 g/mol. The normalized spacial score (nSPS) is 17.7. The predicted molar refractivity (Wildman–Crippen MR) is 252 cm³/mol. The minimum atomic E-state index is -0.733. The number of anilines is 4. The number of rotatable bonds is 9. The number of carboxylic acid groups (broad SMARTS) is 1. The summed E-state index contributed by atoms with van der Waals surface area (Å²) in [4.78, 5) is 53.6. The number of nitrogens with zero attached hydrogens (tertiary/aromatic N) is 11. The number of halogens is 2. The lowest BCUT2D eigenvalue weighted by atomic mass is 9.86. The zero-order valence-electron chi connectivity index (χ0n) is 35.2. The Bertz CT molecular complexity index is 3050. The minimum Gasteiger partial charge on any atom is -0.481 e. The number of likely N-dealkylation sites (N-methyl/N-ethyl adjacent to an activating group) is 1. The van der Waals surface area contributed by atoms with Crippen molar-refractivity contribution < 1.29 is 14.7 Å². The summed E-state index contributed by atoms with van der Waals surface area (Å²) in [6.07, 6.45) is 14.5. The van der Waals surface area contributed by atoms with Crippen LogP contribution in [0.25, 0.3) is 31.5 Å². The Morgan fingerprint density at radius 3 is 1.80 bits per heavy atom. The van der Waals surface area contributed by atoms with Crippen molar-refractivity contribution in [2.45, 2.75) is 38.5 Å². The lowest BCUT2D eigenvalue weighted by molar-refractivity contribution is -0.142. The molecule has 2 aliphatic carbocycles. The van der Waals surface area contributed by atoms with Gasteiger partial charge in [0.1, 0.15) is 34.0 Å². The van der Waals surface area contributed by atoms with Crippen LogP contribution in [0.1, 0.15) is 33.7 Å².